The number of sulfone groups is 1. The Morgan fingerprint density at radius 2 is 1.83 bits per heavy atom. The summed E-state index contributed by atoms with van der Waals surface area (Å²) in [7, 11) is -7.44. The van der Waals surface area contributed by atoms with Crippen LogP contribution in [0.5, 0.6) is 5.75 Å². The van der Waals surface area contributed by atoms with Crippen LogP contribution >= 0.6 is 11.3 Å². The molecular formula is C27H24N4O8S3. The van der Waals surface area contributed by atoms with Gasteiger partial charge in [-0.2, -0.15) is 8.42 Å². The quantitative estimate of drug-likeness (QED) is 0.196. The van der Waals surface area contributed by atoms with Crippen LogP contribution in [0.3, 0.4) is 0 Å². The van der Waals surface area contributed by atoms with Gasteiger partial charge in [0.15, 0.2) is 0 Å². The van der Waals surface area contributed by atoms with Gasteiger partial charge in [0.25, 0.3) is 21.9 Å². The van der Waals surface area contributed by atoms with Gasteiger partial charge in [-0.25, -0.2) is 18.4 Å². The molecule has 0 unspecified atom stereocenters. The fourth-order valence-electron chi connectivity index (χ4n) is 4.03. The smallest absolute Gasteiger partial charge is 0.264 e. The lowest BCUT2D eigenvalue weighted by atomic mass is 10.1. The number of benzene rings is 2. The van der Waals surface area contributed by atoms with Crippen molar-refractivity contribution < 1.29 is 35.3 Å². The van der Waals surface area contributed by atoms with E-state index in [9.17, 15) is 26.4 Å². The zero-order chi connectivity index (χ0) is 29.9. The molecule has 2 aromatic heterocycles. The summed E-state index contributed by atoms with van der Waals surface area (Å²) >= 11 is 1.34. The number of nitrogens with zero attached hydrogens (tertiary/aromatic N) is 2. The molecule has 12 nitrogen and oxygen atoms in total. The molecule has 0 bridgehead atoms. The average Bonchev–Trinajstić information content (AvgIpc) is 3.41. The van der Waals surface area contributed by atoms with Crippen molar-refractivity contribution in [1.82, 2.24) is 15.3 Å². The van der Waals surface area contributed by atoms with Crippen LogP contribution < -0.4 is 15.4 Å². The summed E-state index contributed by atoms with van der Waals surface area (Å²) in [5.74, 6) is -0.520. The molecule has 0 atom stereocenters. The second-order valence-corrected chi connectivity index (χ2v) is 13.7. The molecule has 4 aromatic rings. The van der Waals surface area contributed by atoms with Crippen LogP contribution in [-0.2, 0) is 30.7 Å². The Morgan fingerprint density at radius 3 is 2.60 bits per heavy atom. The zero-order valence-electron chi connectivity index (χ0n) is 22.1. The summed E-state index contributed by atoms with van der Waals surface area (Å²) in [5.41, 5.74) is 0.855. The van der Waals surface area contributed by atoms with Gasteiger partial charge in [-0.1, -0.05) is 12.1 Å². The molecule has 1 aliphatic rings. The van der Waals surface area contributed by atoms with Crippen molar-refractivity contribution in [2.45, 2.75) is 22.8 Å². The number of nitrogens with one attached hydrogen (secondary N) is 2. The van der Waals surface area contributed by atoms with Crippen LogP contribution in [0, 0.1) is 0 Å². The number of rotatable bonds is 10. The molecule has 0 saturated heterocycles. The third-order valence-corrected chi connectivity index (χ3v) is 9.47. The molecule has 1 aliphatic heterocycles. The average molecular weight is 629 g/mol. The van der Waals surface area contributed by atoms with Gasteiger partial charge in [-0.05, 0) is 42.5 Å². The van der Waals surface area contributed by atoms with Crippen LogP contribution in [0.15, 0.2) is 76.8 Å². The molecule has 218 valence electrons. The number of hydrogen-bond donors (Lipinski definition) is 2. The molecule has 5 rings (SSSR count). The van der Waals surface area contributed by atoms with Gasteiger partial charge in [0.2, 0.25) is 9.84 Å². The van der Waals surface area contributed by atoms with Crippen LogP contribution in [0.1, 0.15) is 32.0 Å². The highest BCUT2D eigenvalue weighted by Gasteiger charge is 2.31. The molecule has 0 saturated carbocycles. The maximum Gasteiger partial charge on any atom is 0.264 e. The molecule has 0 radical (unpaired) electrons. The fraction of sp³-hybridized carbons (Fsp3) is 0.185. The molecule has 15 heteroatoms. The third-order valence-electron chi connectivity index (χ3n) is 5.99. The maximum atomic E-state index is 13.2. The first-order chi connectivity index (χ1) is 20.0. The second kappa shape index (κ2) is 12.0. The number of hydrogen-bond acceptors (Lipinski definition) is 11. The lowest BCUT2D eigenvalue weighted by molar-refractivity contribution is 0.0949. The normalized spacial score (nSPS) is 13.8. The minimum atomic E-state index is -3.97. The number of amides is 2. The topological polar surface area (TPSA) is 171 Å². The number of anilines is 1. The predicted octanol–water partition coefficient (Wildman–Crippen LogP) is 3.28. The summed E-state index contributed by atoms with van der Waals surface area (Å²) < 4.78 is 58.5. The number of carbonyl (C=O) groups excluding carboxylic acids is 2. The Kier molecular flexibility index (Phi) is 8.36. The second-order valence-electron chi connectivity index (χ2n) is 9.09. The van der Waals surface area contributed by atoms with E-state index in [4.69, 9.17) is 4.74 Å². The summed E-state index contributed by atoms with van der Waals surface area (Å²) in [6, 6.07) is 13.5. The van der Waals surface area contributed by atoms with Gasteiger partial charge in [-0.15, -0.1) is 11.3 Å². The van der Waals surface area contributed by atoms with E-state index in [0.717, 1.165) is 11.1 Å². The Bertz CT molecular complexity index is 1870. The van der Waals surface area contributed by atoms with E-state index in [1.54, 1.807) is 30.5 Å². The van der Waals surface area contributed by atoms with Gasteiger partial charge >= 0.3 is 0 Å². The Hall–Kier alpha value is -4.18. The largest absolute Gasteiger partial charge is 0.492 e. The highest BCUT2D eigenvalue weighted by Crippen LogP contribution is 2.34. The molecule has 2 N–H and O–H groups in total. The molecule has 0 aliphatic carbocycles. The molecule has 0 spiro atoms. The van der Waals surface area contributed by atoms with Gasteiger partial charge < -0.3 is 15.4 Å². The summed E-state index contributed by atoms with van der Waals surface area (Å²) in [4.78, 5) is 34.9. The summed E-state index contributed by atoms with van der Waals surface area (Å²) in [6.45, 7) is 0.459. The molecule has 42 heavy (non-hydrogen) atoms. The van der Waals surface area contributed by atoms with Crippen LogP contribution in [0.4, 0.5) is 5.69 Å². The van der Waals surface area contributed by atoms with E-state index >= 15 is 0 Å². The monoisotopic (exact) mass is 628 g/mol. The first-order valence-corrected chi connectivity index (χ1v) is 16.6. The van der Waals surface area contributed by atoms with E-state index in [2.05, 4.69) is 24.8 Å². The Balaban J connectivity index is 1.19. The van der Waals surface area contributed by atoms with Crippen molar-refractivity contribution >= 4 is 48.8 Å². The van der Waals surface area contributed by atoms with Crippen molar-refractivity contribution in [2.75, 3.05) is 24.8 Å². The van der Waals surface area contributed by atoms with Gasteiger partial charge in [0, 0.05) is 23.1 Å². The van der Waals surface area contributed by atoms with Gasteiger partial charge in [0.05, 0.1) is 58.9 Å². The Labute approximate surface area is 245 Å². The van der Waals surface area contributed by atoms with E-state index in [0.29, 0.717) is 22.9 Å². The number of pyridine rings is 1. The fourth-order valence-corrected chi connectivity index (χ4v) is 6.87. The SMILES string of the molecule is CS(=O)(=O)OCCCOc1ccc(-c2ncc(CNC(=O)c3ccc4c(c3)NC(=O)c3ccccc3S4(=O)=O)s2)nc1. The van der Waals surface area contributed by atoms with E-state index in [-0.39, 0.29) is 46.4 Å². The van der Waals surface area contributed by atoms with E-state index in [1.807, 2.05) is 0 Å². The first kappa shape index (κ1) is 29.3. The minimum Gasteiger partial charge on any atom is -0.492 e. The Morgan fingerprint density at radius 1 is 1.02 bits per heavy atom. The van der Waals surface area contributed by atoms with Crippen LogP contribution in [-0.4, -0.2) is 58.1 Å². The van der Waals surface area contributed by atoms with Crippen molar-refractivity contribution in [1.29, 1.82) is 0 Å². The third kappa shape index (κ3) is 6.65. The lowest BCUT2D eigenvalue weighted by Crippen LogP contribution is -2.22. The number of thiazole rings is 1. The maximum absolute atomic E-state index is 13.2. The molecule has 0 fully saturated rings. The summed E-state index contributed by atoms with van der Waals surface area (Å²) in [6.07, 6.45) is 4.53. The lowest BCUT2D eigenvalue weighted by Gasteiger charge is -2.10. The summed E-state index contributed by atoms with van der Waals surface area (Å²) in [5, 5.41) is 6.02. The van der Waals surface area contributed by atoms with Gasteiger partial charge in [-0.3, -0.25) is 13.8 Å². The number of carbonyl (C=O) groups is 2. The highest BCUT2D eigenvalue weighted by atomic mass is 32.2. The van der Waals surface area contributed by atoms with Crippen molar-refractivity contribution in [2.24, 2.45) is 0 Å². The number of aromatic nitrogens is 2. The number of fused-ring (bicyclic) bond motifs is 2. The molecule has 2 amide bonds. The molecule has 3 heterocycles. The van der Waals surface area contributed by atoms with E-state index < -0.39 is 31.8 Å². The number of ether oxygens (including phenoxy) is 1. The zero-order valence-corrected chi connectivity index (χ0v) is 24.5. The molecular weight excluding hydrogens is 605 g/mol. The van der Waals surface area contributed by atoms with Crippen LogP contribution in [0.25, 0.3) is 10.7 Å². The van der Waals surface area contributed by atoms with E-state index in [1.165, 1.54) is 47.9 Å². The van der Waals surface area contributed by atoms with Gasteiger partial charge in [0.1, 0.15) is 10.8 Å². The standard InChI is InChI=1S/C27H24N4O8S3/c1-41(34,35)39-12-4-11-38-18-8-9-21(28-14-18)27-30-16-19(40-27)15-29-25(32)17-7-10-24-22(13-17)31-26(33)20-5-2-3-6-23(20)42(24,36)37/h2-3,5-10,13-14,16H,4,11-12,15H2,1H3,(H,29,32)(H,31,33). The van der Waals surface area contributed by atoms with Crippen molar-refractivity contribution in [3.63, 3.8) is 0 Å². The predicted molar refractivity (Wildman–Crippen MR) is 154 cm³/mol. The van der Waals surface area contributed by atoms with Crippen molar-refractivity contribution in [3.8, 4) is 16.5 Å². The minimum absolute atomic E-state index is 0.0303. The first-order valence-electron chi connectivity index (χ1n) is 12.5. The highest BCUT2D eigenvalue weighted by molar-refractivity contribution is 7.91. The van der Waals surface area contributed by atoms with Crippen LogP contribution in [0.2, 0.25) is 0 Å². The molecule has 2 aromatic carbocycles. The van der Waals surface area contributed by atoms with Crippen molar-refractivity contribution in [3.05, 3.63) is 83.0 Å².